The third-order valence-electron chi connectivity index (χ3n) is 3.12. The van der Waals surface area contributed by atoms with Gasteiger partial charge in [-0.1, -0.05) is 15.9 Å². The van der Waals surface area contributed by atoms with Crippen LogP contribution in [0.3, 0.4) is 0 Å². The summed E-state index contributed by atoms with van der Waals surface area (Å²) < 4.78 is 8.69. The standard InChI is InChI=1S/C14H13BrN4O/c1-8-4-10(5-9(2)12(8)15)20-14-11-6-18-19(3)13(11)16-7-17-14/h4-7H,1-3H3. The quantitative estimate of drug-likeness (QED) is 0.720. The first-order chi connectivity index (χ1) is 9.56. The average Bonchev–Trinajstić information content (AvgIpc) is 2.79. The predicted octanol–water partition coefficient (Wildman–Crippen LogP) is 3.53. The van der Waals surface area contributed by atoms with Crippen molar-refractivity contribution in [3.05, 3.63) is 40.3 Å². The van der Waals surface area contributed by atoms with Crippen LogP contribution >= 0.6 is 15.9 Å². The van der Waals surface area contributed by atoms with Crippen molar-refractivity contribution in [1.29, 1.82) is 0 Å². The van der Waals surface area contributed by atoms with Gasteiger partial charge in [0.05, 0.1) is 6.20 Å². The summed E-state index contributed by atoms with van der Waals surface area (Å²) in [7, 11) is 1.84. The molecule has 0 aliphatic heterocycles. The third-order valence-corrected chi connectivity index (χ3v) is 4.37. The third kappa shape index (κ3) is 2.16. The highest BCUT2D eigenvalue weighted by Crippen LogP contribution is 2.31. The van der Waals surface area contributed by atoms with Gasteiger partial charge in [-0.2, -0.15) is 5.10 Å². The molecule has 102 valence electrons. The lowest BCUT2D eigenvalue weighted by Crippen LogP contribution is -1.95. The van der Waals surface area contributed by atoms with Crippen LogP contribution in [0, 0.1) is 13.8 Å². The summed E-state index contributed by atoms with van der Waals surface area (Å²) in [5.41, 5.74) is 2.99. The highest BCUT2D eigenvalue weighted by atomic mass is 79.9. The number of halogens is 1. The number of hydrogen-bond acceptors (Lipinski definition) is 4. The van der Waals surface area contributed by atoms with Crippen LogP contribution in [0.5, 0.6) is 11.6 Å². The molecule has 0 atom stereocenters. The molecule has 0 aliphatic rings. The van der Waals surface area contributed by atoms with Crippen LogP contribution in [0.25, 0.3) is 11.0 Å². The Labute approximate surface area is 124 Å². The molecule has 3 aromatic rings. The van der Waals surface area contributed by atoms with Crippen molar-refractivity contribution in [2.75, 3.05) is 0 Å². The number of ether oxygens (including phenoxy) is 1. The number of nitrogens with zero attached hydrogens (tertiary/aromatic N) is 4. The van der Waals surface area contributed by atoms with Gasteiger partial charge < -0.3 is 4.74 Å². The van der Waals surface area contributed by atoms with E-state index in [1.165, 1.54) is 6.33 Å². The van der Waals surface area contributed by atoms with Gasteiger partial charge in [-0.05, 0) is 37.1 Å². The van der Waals surface area contributed by atoms with E-state index >= 15 is 0 Å². The van der Waals surface area contributed by atoms with Crippen molar-refractivity contribution in [2.24, 2.45) is 7.05 Å². The van der Waals surface area contributed by atoms with Crippen LogP contribution in [-0.4, -0.2) is 19.7 Å². The fraction of sp³-hybridized carbons (Fsp3) is 0.214. The van der Waals surface area contributed by atoms with Crippen LogP contribution < -0.4 is 4.74 Å². The van der Waals surface area contributed by atoms with E-state index in [-0.39, 0.29) is 0 Å². The zero-order valence-corrected chi connectivity index (χ0v) is 13.0. The van der Waals surface area contributed by atoms with Crippen LogP contribution in [0.1, 0.15) is 11.1 Å². The number of rotatable bonds is 2. The fourth-order valence-corrected chi connectivity index (χ4v) is 2.33. The van der Waals surface area contributed by atoms with Gasteiger partial charge in [0.1, 0.15) is 17.5 Å². The zero-order chi connectivity index (χ0) is 14.3. The van der Waals surface area contributed by atoms with Crippen molar-refractivity contribution in [3.8, 4) is 11.6 Å². The minimum absolute atomic E-state index is 0.518. The normalized spacial score (nSPS) is 11.0. The number of aromatic nitrogens is 4. The molecule has 1 aromatic carbocycles. The van der Waals surface area contributed by atoms with Gasteiger partial charge in [0.15, 0.2) is 5.65 Å². The van der Waals surface area contributed by atoms with Crippen molar-refractivity contribution < 1.29 is 4.74 Å². The Balaban J connectivity index is 2.05. The van der Waals surface area contributed by atoms with Crippen LogP contribution in [0.4, 0.5) is 0 Å². The number of aryl methyl sites for hydroxylation is 3. The van der Waals surface area contributed by atoms with E-state index < -0.39 is 0 Å². The van der Waals surface area contributed by atoms with Crippen LogP contribution in [0.15, 0.2) is 29.1 Å². The molecule has 20 heavy (non-hydrogen) atoms. The summed E-state index contributed by atoms with van der Waals surface area (Å²) in [6, 6.07) is 3.95. The molecule has 3 rings (SSSR count). The Bertz CT molecular complexity index is 774. The molecule has 0 unspecified atom stereocenters. The topological polar surface area (TPSA) is 52.8 Å². The summed E-state index contributed by atoms with van der Waals surface area (Å²) in [5.74, 6) is 1.27. The van der Waals surface area contributed by atoms with Gasteiger partial charge in [-0.3, -0.25) is 4.68 Å². The molecule has 0 N–H and O–H groups in total. The van der Waals surface area contributed by atoms with Gasteiger partial charge in [0.25, 0.3) is 0 Å². The van der Waals surface area contributed by atoms with Crippen molar-refractivity contribution in [2.45, 2.75) is 13.8 Å². The van der Waals surface area contributed by atoms with Gasteiger partial charge in [0.2, 0.25) is 5.88 Å². The number of hydrogen-bond donors (Lipinski definition) is 0. The van der Waals surface area contributed by atoms with E-state index in [0.29, 0.717) is 5.88 Å². The monoisotopic (exact) mass is 332 g/mol. The maximum absolute atomic E-state index is 5.90. The van der Waals surface area contributed by atoms with Crippen LogP contribution in [0.2, 0.25) is 0 Å². The Morgan fingerprint density at radius 2 is 1.85 bits per heavy atom. The van der Waals surface area contributed by atoms with Crippen LogP contribution in [-0.2, 0) is 7.05 Å². The summed E-state index contributed by atoms with van der Waals surface area (Å²) in [5, 5.41) is 4.97. The first kappa shape index (κ1) is 13.1. The van der Waals surface area contributed by atoms with E-state index in [0.717, 1.165) is 32.4 Å². The Kier molecular flexibility index (Phi) is 3.17. The smallest absolute Gasteiger partial charge is 0.233 e. The zero-order valence-electron chi connectivity index (χ0n) is 11.4. The largest absolute Gasteiger partial charge is 0.438 e. The van der Waals surface area contributed by atoms with E-state index in [1.807, 2.05) is 33.0 Å². The SMILES string of the molecule is Cc1cc(Oc2ncnc3c2cnn3C)cc(C)c1Br. The van der Waals surface area contributed by atoms with Crippen molar-refractivity contribution >= 4 is 27.0 Å². The minimum Gasteiger partial charge on any atom is -0.438 e. The number of fused-ring (bicyclic) bond motifs is 1. The summed E-state index contributed by atoms with van der Waals surface area (Å²) in [6.45, 7) is 4.06. The lowest BCUT2D eigenvalue weighted by atomic mass is 10.1. The second-order valence-corrected chi connectivity index (χ2v) is 5.45. The molecular weight excluding hydrogens is 320 g/mol. The van der Waals surface area contributed by atoms with Gasteiger partial charge in [-0.25, -0.2) is 9.97 Å². The molecule has 0 fully saturated rings. The highest BCUT2D eigenvalue weighted by Gasteiger charge is 2.11. The molecule has 0 bridgehead atoms. The summed E-state index contributed by atoms with van der Waals surface area (Å²) in [6.07, 6.45) is 3.20. The Hall–Kier alpha value is -1.95. The molecule has 0 aliphatic carbocycles. The second-order valence-electron chi connectivity index (χ2n) is 4.66. The Morgan fingerprint density at radius 1 is 1.15 bits per heavy atom. The average molecular weight is 333 g/mol. The molecule has 2 heterocycles. The molecule has 2 aromatic heterocycles. The molecule has 0 saturated carbocycles. The molecule has 5 nitrogen and oxygen atoms in total. The van der Waals surface area contributed by atoms with E-state index in [9.17, 15) is 0 Å². The summed E-state index contributed by atoms with van der Waals surface area (Å²) in [4.78, 5) is 8.39. The molecule has 0 spiro atoms. The molecule has 0 amide bonds. The van der Waals surface area contributed by atoms with Crippen molar-refractivity contribution in [3.63, 3.8) is 0 Å². The van der Waals surface area contributed by atoms with Crippen molar-refractivity contribution in [1.82, 2.24) is 19.7 Å². The molecule has 0 radical (unpaired) electrons. The maximum Gasteiger partial charge on any atom is 0.233 e. The molecule has 6 heteroatoms. The van der Waals surface area contributed by atoms with E-state index in [1.54, 1.807) is 10.9 Å². The lowest BCUT2D eigenvalue weighted by molar-refractivity contribution is 0.467. The van der Waals surface area contributed by atoms with E-state index in [4.69, 9.17) is 4.74 Å². The van der Waals surface area contributed by atoms with Gasteiger partial charge in [-0.15, -0.1) is 0 Å². The first-order valence-corrected chi connectivity index (χ1v) is 6.93. The summed E-state index contributed by atoms with van der Waals surface area (Å²) >= 11 is 3.55. The van der Waals surface area contributed by atoms with Gasteiger partial charge in [0, 0.05) is 11.5 Å². The second kappa shape index (κ2) is 4.86. The van der Waals surface area contributed by atoms with E-state index in [2.05, 4.69) is 31.0 Å². The number of benzene rings is 1. The Morgan fingerprint density at radius 3 is 2.55 bits per heavy atom. The molecular formula is C14H13BrN4O. The lowest BCUT2D eigenvalue weighted by Gasteiger charge is -2.09. The minimum atomic E-state index is 0.518. The predicted molar refractivity (Wildman–Crippen MR) is 80.0 cm³/mol. The molecule has 0 saturated heterocycles. The highest BCUT2D eigenvalue weighted by molar-refractivity contribution is 9.10. The maximum atomic E-state index is 5.90. The first-order valence-electron chi connectivity index (χ1n) is 6.13. The van der Waals surface area contributed by atoms with Gasteiger partial charge >= 0.3 is 0 Å². The fourth-order valence-electron chi connectivity index (χ4n) is 2.10.